The summed E-state index contributed by atoms with van der Waals surface area (Å²) in [4.78, 5) is 5.94. The van der Waals surface area contributed by atoms with Gasteiger partial charge >= 0.3 is 0 Å². The van der Waals surface area contributed by atoms with Crippen molar-refractivity contribution in [1.29, 1.82) is 0 Å². The molecule has 0 amide bonds. The Hall–Kier alpha value is -2.45. The zero-order valence-corrected chi connectivity index (χ0v) is 15.3. The molecule has 0 aliphatic carbocycles. The van der Waals surface area contributed by atoms with E-state index in [4.69, 9.17) is 5.73 Å². The van der Waals surface area contributed by atoms with Crippen LogP contribution in [0.4, 0.5) is 15.9 Å². The third-order valence-electron chi connectivity index (χ3n) is 4.34. The average molecular weight is 376 g/mol. The maximum Gasteiger partial charge on any atom is 0.211 e. The Morgan fingerprint density at radius 1 is 1.12 bits per heavy atom. The Balaban J connectivity index is 1.66. The molecule has 138 valence electrons. The molecule has 3 rings (SSSR count). The molecule has 1 aromatic heterocycles. The highest BCUT2D eigenvalue weighted by atomic mass is 32.2. The van der Waals surface area contributed by atoms with E-state index in [9.17, 15) is 12.8 Å². The summed E-state index contributed by atoms with van der Waals surface area (Å²) >= 11 is 0. The van der Waals surface area contributed by atoms with Crippen molar-refractivity contribution in [2.75, 3.05) is 43.1 Å². The number of pyridine rings is 1. The fourth-order valence-corrected chi connectivity index (χ4v) is 3.69. The number of sulfonamides is 1. The maximum atomic E-state index is 13.2. The minimum absolute atomic E-state index is 0.281. The van der Waals surface area contributed by atoms with Crippen LogP contribution in [0, 0.1) is 5.82 Å². The van der Waals surface area contributed by atoms with Crippen LogP contribution in [0.5, 0.6) is 0 Å². The largest absolute Gasteiger partial charge is 0.383 e. The van der Waals surface area contributed by atoms with E-state index in [-0.39, 0.29) is 5.82 Å². The lowest BCUT2D eigenvalue weighted by Gasteiger charge is -2.34. The van der Waals surface area contributed by atoms with E-state index in [2.05, 4.69) is 9.88 Å². The van der Waals surface area contributed by atoms with Crippen LogP contribution < -0.4 is 10.6 Å². The molecule has 0 unspecified atom stereocenters. The van der Waals surface area contributed by atoms with Gasteiger partial charge in [0.05, 0.1) is 12.5 Å². The summed E-state index contributed by atoms with van der Waals surface area (Å²) in [6.45, 7) is 2.31. The van der Waals surface area contributed by atoms with Crippen molar-refractivity contribution in [1.82, 2.24) is 9.29 Å². The lowest BCUT2D eigenvalue weighted by Crippen LogP contribution is -2.48. The SMILES string of the molecule is CS(=O)(=O)N1CCN(c2ccc(/C=C/c3cc(F)cnc3N)cc2)CC1. The molecule has 2 heterocycles. The number of aromatic nitrogens is 1. The number of halogens is 1. The first kappa shape index (κ1) is 18.3. The van der Waals surface area contributed by atoms with E-state index in [1.165, 1.54) is 16.6 Å². The van der Waals surface area contributed by atoms with Crippen LogP contribution in [-0.2, 0) is 10.0 Å². The number of hydrogen-bond donors (Lipinski definition) is 1. The average Bonchev–Trinajstić information content (AvgIpc) is 2.62. The lowest BCUT2D eigenvalue weighted by molar-refractivity contribution is 0.388. The topological polar surface area (TPSA) is 79.5 Å². The Kier molecular flexibility index (Phi) is 5.24. The van der Waals surface area contributed by atoms with Crippen LogP contribution in [0.2, 0.25) is 0 Å². The molecule has 26 heavy (non-hydrogen) atoms. The van der Waals surface area contributed by atoms with Gasteiger partial charge in [0.15, 0.2) is 0 Å². The number of piperazine rings is 1. The summed E-state index contributed by atoms with van der Waals surface area (Å²) < 4.78 is 37.9. The molecule has 0 spiro atoms. The van der Waals surface area contributed by atoms with Crippen LogP contribution in [0.25, 0.3) is 12.2 Å². The summed E-state index contributed by atoms with van der Waals surface area (Å²) in [5.74, 6) is -0.148. The van der Waals surface area contributed by atoms with Crippen LogP contribution >= 0.6 is 0 Å². The molecule has 6 nitrogen and oxygen atoms in total. The van der Waals surface area contributed by atoms with Gasteiger partial charge in [-0.25, -0.2) is 17.8 Å². The van der Waals surface area contributed by atoms with Crippen molar-refractivity contribution >= 4 is 33.7 Å². The van der Waals surface area contributed by atoms with Crippen molar-refractivity contribution in [2.45, 2.75) is 0 Å². The molecule has 0 saturated carbocycles. The van der Waals surface area contributed by atoms with E-state index in [0.717, 1.165) is 17.4 Å². The van der Waals surface area contributed by atoms with Gasteiger partial charge in [-0.2, -0.15) is 4.31 Å². The van der Waals surface area contributed by atoms with Crippen molar-refractivity contribution in [3.63, 3.8) is 0 Å². The fourth-order valence-electron chi connectivity index (χ4n) is 2.86. The van der Waals surface area contributed by atoms with Gasteiger partial charge in [0.25, 0.3) is 0 Å². The number of anilines is 2. The van der Waals surface area contributed by atoms with E-state index in [0.29, 0.717) is 31.7 Å². The van der Waals surface area contributed by atoms with Crippen molar-refractivity contribution in [2.24, 2.45) is 0 Å². The molecule has 8 heteroatoms. The molecule has 1 fully saturated rings. The van der Waals surface area contributed by atoms with Gasteiger partial charge in [0.1, 0.15) is 11.6 Å². The van der Waals surface area contributed by atoms with Crippen molar-refractivity contribution < 1.29 is 12.8 Å². The zero-order valence-electron chi connectivity index (χ0n) is 14.5. The summed E-state index contributed by atoms with van der Waals surface area (Å²) in [6.07, 6.45) is 5.90. The van der Waals surface area contributed by atoms with E-state index < -0.39 is 15.8 Å². The van der Waals surface area contributed by atoms with Gasteiger partial charge in [0.2, 0.25) is 10.0 Å². The molecule has 0 atom stereocenters. The van der Waals surface area contributed by atoms with Gasteiger partial charge in [0, 0.05) is 37.4 Å². The van der Waals surface area contributed by atoms with Gasteiger partial charge in [-0.1, -0.05) is 24.3 Å². The van der Waals surface area contributed by atoms with E-state index >= 15 is 0 Å². The number of nitrogen functional groups attached to an aromatic ring is 1. The van der Waals surface area contributed by atoms with Gasteiger partial charge in [-0.3, -0.25) is 0 Å². The molecule has 2 N–H and O–H groups in total. The van der Waals surface area contributed by atoms with Crippen LogP contribution in [0.1, 0.15) is 11.1 Å². The molecule has 1 aliphatic heterocycles. The van der Waals surface area contributed by atoms with Crippen LogP contribution in [-0.4, -0.2) is 50.1 Å². The number of benzene rings is 1. The first-order valence-electron chi connectivity index (χ1n) is 8.22. The Bertz CT molecular complexity index is 905. The molecular formula is C18H21FN4O2S. The van der Waals surface area contributed by atoms with Crippen LogP contribution in [0.3, 0.4) is 0 Å². The number of nitrogens with two attached hydrogens (primary N) is 1. The Labute approximate surface area is 152 Å². The highest BCUT2D eigenvalue weighted by Crippen LogP contribution is 2.20. The second-order valence-corrected chi connectivity index (χ2v) is 8.18. The predicted molar refractivity (Wildman–Crippen MR) is 103 cm³/mol. The molecule has 1 aliphatic rings. The predicted octanol–water partition coefficient (Wildman–Crippen LogP) is 2.05. The second kappa shape index (κ2) is 7.43. The number of hydrogen-bond acceptors (Lipinski definition) is 5. The highest BCUT2D eigenvalue weighted by molar-refractivity contribution is 7.88. The zero-order chi connectivity index (χ0) is 18.7. The normalized spacial score (nSPS) is 16.3. The molecular weight excluding hydrogens is 355 g/mol. The Morgan fingerprint density at radius 2 is 1.77 bits per heavy atom. The minimum Gasteiger partial charge on any atom is -0.383 e. The highest BCUT2D eigenvalue weighted by Gasteiger charge is 2.23. The fraction of sp³-hybridized carbons (Fsp3) is 0.278. The van der Waals surface area contributed by atoms with Crippen molar-refractivity contribution in [3.8, 4) is 0 Å². The lowest BCUT2D eigenvalue weighted by atomic mass is 10.1. The monoisotopic (exact) mass is 376 g/mol. The molecule has 0 radical (unpaired) electrons. The summed E-state index contributed by atoms with van der Waals surface area (Å²) in [5, 5.41) is 0. The summed E-state index contributed by atoms with van der Waals surface area (Å²) in [6, 6.07) is 9.23. The van der Waals surface area contributed by atoms with Gasteiger partial charge < -0.3 is 10.6 Å². The smallest absolute Gasteiger partial charge is 0.211 e. The second-order valence-electron chi connectivity index (χ2n) is 6.20. The molecule has 2 aromatic rings. The summed E-state index contributed by atoms with van der Waals surface area (Å²) in [7, 11) is -3.12. The van der Waals surface area contributed by atoms with E-state index in [1.807, 2.05) is 30.3 Å². The third-order valence-corrected chi connectivity index (χ3v) is 5.64. The summed E-state index contributed by atoms with van der Waals surface area (Å²) in [5.41, 5.74) is 8.26. The number of nitrogens with zero attached hydrogens (tertiary/aromatic N) is 3. The molecule has 0 bridgehead atoms. The van der Waals surface area contributed by atoms with Crippen LogP contribution in [0.15, 0.2) is 36.5 Å². The quantitative estimate of drug-likeness (QED) is 0.884. The first-order valence-corrected chi connectivity index (χ1v) is 10.1. The third kappa shape index (κ3) is 4.39. The first-order chi connectivity index (χ1) is 12.3. The van der Waals surface area contributed by atoms with Gasteiger partial charge in [-0.15, -0.1) is 0 Å². The number of rotatable bonds is 4. The molecule has 1 saturated heterocycles. The standard InChI is InChI=1S/C18H21FN4O2S/c1-26(24,25)23-10-8-22(9-11-23)17-6-3-14(4-7-17)2-5-15-12-16(19)13-21-18(15)20/h2-7,12-13H,8-11H2,1H3,(H2,20,21)/b5-2+. The van der Waals surface area contributed by atoms with Gasteiger partial charge in [-0.05, 0) is 23.8 Å². The maximum absolute atomic E-state index is 13.2. The minimum atomic E-state index is -3.12. The van der Waals surface area contributed by atoms with E-state index in [1.54, 1.807) is 6.08 Å². The Morgan fingerprint density at radius 3 is 2.38 bits per heavy atom. The molecule has 1 aromatic carbocycles. The van der Waals surface area contributed by atoms with Crippen molar-refractivity contribution in [3.05, 3.63) is 53.5 Å².